The Bertz CT molecular complexity index is 827. The lowest BCUT2D eigenvalue weighted by Gasteiger charge is -2.01. The van der Waals surface area contributed by atoms with Gasteiger partial charge in [-0.15, -0.1) is 11.8 Å². The number of aromatic nitrogens is 2. The molecule has 0 unspecified atom stereocenters. The highest BCUT2D eigenvalue weighted by Gasteiger charge is 2.13. The van der Waals surface area contributed by atoms with Gasteiger partial charge in [-0.2, -0.15) is 0 Å². The van der Waals surface area contributed by atoms with Crippen LogP contribution in [0.15, 0.2) is 53.7 Å². The average molecular weight is 328 g/mol. The second-order valence-electron chi connectivity index (χ2n) is 4.84. The maximum Gasteiger partial charge on any atom is 0.341 e. The summed E-state index contributed by atoms with van der Waals surface area (Å²) in [5.41, 5.74) is 1.99. The van der Waals surface area contributed by atoms with Gasteiger partial charge in [-0.05, 0) is 36.4 Å². The molecular weight excluding hydrogens is 312 g/mol. The van der Waals surface area contributed by atoms with Crippen molar-refractivity contribution in [2.24, 2.45) is 0 Å². The van der Waals surface area contributed by atoms with E-state index in [0.29, 0.717) is 17.0 Å². The summed E-state index contributed by atoms with van der Waals surface area (Å²) in [6.45, 7) is 0. The molecule has 118 valence electrons. The quantitative estimate of drug-likeness (QED) is 0.530. The normalized spacial score (nSPS) is 10.7. The fourth-order valence-electron chi connectivity index (χ4n) is 2.23. The minimum Gasteiger partial charge on any atom is -0.497 e. The number of fused-ring (bicyclic) bond motifs is 1. The third-order valence-electron chi connectivity index (χ3n) is 3.38. The Kier molecular flexibility index (Phi) is 4.52. The fourth-order valence-corrected chi connectivity index (χ4v) is 3.01. The first-order valence-corrected chi connectivity index (χ1v) is 8.01. The van der Waals surface area contributed by atoms with Gasteiger partial charge in [0.05, 0.1) is 19.9 Å². The fraction of sp³-hybridized carbons (Fsp3) is 0.176. The average Bonchev–Trinajstić information content (AvgIpc) is 3.02. The molecule has 2 aromatic heterocycles. The van der Waals surface area contributed by atoms with Gasteiger partial charge >= 0.3 is 5.97 Å². The number of carbonyl (C=O) groups is 1. The van der Waals surface area contributed by atoms with Crippen LogP contribution in [0, 0.1) is 0 Å². The van der Waals surface area contributed by atoms with E-state index < -0.39 is 0 Å². The van der Waals surface area contributed by atoms with E-state index in [4.69, 9.17) is 9.47 Å². The standard InChI is InChI=1S/C17H16N2O3S/c1-21-13-5-7-14(8-6-13)23-11-12-10-19-9-3-4-15(16(19)18-12)17(20)22-2/h3-10H,11H2,1-2H3. The van der Waals surface area contributed by atoms with Crippen molar-refractivity contribution in [3.63, 3.8) is 0 Å². The number of esters is 1. The van der Waals surface area contributed by atoms with Crippen LogP contribution in [0.4, 0.5) is 0 Å². The van der Waals surface area contributed by atoms with Crippen molar-refractivity contribution in [2.45, 2.75) is 10.6 Å². The number of imidazole rings is 1. The summed E-state index contributed by atoms with van der Waals surface area (Å²) in [6, 6.07) is 11.4. The first kappa shape index (κ1) is 15.4. The molecule has 6 heteroatoms. The maximum absolute atomic E-state index is 11.8. The van der Waals surface area contributed by atoms with Gasteiger partial charge in [0.1, 0.15) is 11.3 Å². The van der Waals surface area contributed by atoms with Crippen molar-refractivity contribution < 1.29 is 14.3 Å². The van der Waals surface area contributed by atoms with Gasteiger partial charge in [0, 0.05) is 23.0 Å². The number of carbonyl (C=O) groups excluding carboxylic acids is 1. The summed E-state index contributed by atoms with van der Waals surface area (Å²) in [7, 11) is 3.02. The van der Waals surface area contributed by atoms with Crippen molar-refractivity contribution >= 4 is 23.4 Å². The molecule has 3 aromatic rings. The molecule has 0 fully saturated rings. The van der Waals surface area contributed by atoms with Gasteiger partial charge in [0.15, 0.2) is 5.65 Å². The van der Waals surface area contributed by atoms with Crippen LogP contribution in [0.1, 0.15) is 16.1 Å². The lowest BCUT2D eigenvalue weighted by Crippen LogP contribution is -2.03. The van der Waals surface area contributed by atoms with E-state index in [1.165, 1.54) is 7.11 Å². The molecule has 0 aliphatic heterocycles. The third-order valence-corrected chi connectivity index (χ3v) is 4.43. The summed E-state index contributed by atoms with van der Waals surface area (Å²) in [6.07, 6.45) is 3.80. The van der Waals surface area contributed by atoms with Crippen LogP contribution in [0.2, 0.25) is 0 Å². The van der Waals surface area contributed by atoms with Gasteiger partial charge < -0.3 is 13.9 Å². The number of rotatable bonds is 5. The molecule has 5 nitrogen and oxygen atoms in total. The van der Waals surface area contributed by atoms with E-state index in [-0.39, 0.29) is 5.97 Å². The summed E-state index contributed by atoms with van der Waals surface area (Å²) in [5, 5.41) is 0. The molecule has 0 radical (unpaired) electrons. The molecule has 0 saturated heterocycles. The molecule has 0 spiro atoms. The molecule has 23 heavy (non-hydrogen) atoms. The molecule has 0 aliphatic rings. The Morgan fingerprint density at radius 3 is 2.70 bits per heavy atom. The molecule has 0 N–H and O–H groups in total. The lowest BCUT2D eigenvalue weighted by molar-refractivity contribution is 0.0602. The summed E-state index contributed by atoms with van der Waals surface area (Å²) in [4.78, 5) is 17.5. The van der Waals surface area contributed by atoms with E-state index in [9.17, 15) is 4.79 Å². The number of thioether (sulfide) groups is 1. The van der Waals surface area contributed by atoms with Crippen molar-refractivity contribution in [1.29, 1.82) is 0 Å². The van der Waals surface area contributed by atoms with Crippen molar-refractivity contribution in [1.82, 2.24) is 9.38 Å². The van der Waals surface area contributed by atoms with Gasteiger partial charge in [-0.3, -0.25) is 0 Å². The molecular formula is C17H16N2O3S. The number of pyridine rings is 1. The smallest absolute Gasteiger partial charge is 0.341 e. The summed E-state index contributed by atoms with van der Waals surface area (Å²) < 4.78 is 11.8. The van der Waals surface area contributed by atoms with E-state index in [2.05, 4.69) is 4.98 Å². The number of benzene rings is 1. The highest BCUT2D eigenvalue weighted by atomic mass is 32.2. The van der Waals surface area contributed by atoms with Crippen LogP contribution < -0.4 is 4.74 Å². The predicted octanol–water partition coefficient (Wildman–Crippen LogP) is 3.42. The molecule has 0 bridgehead atoms. The van der Waals surface area contributed by atoms with Crippen molar-refractivity contribution in [2.75, 3.05) is 14.2 Å². The van der Waals surface area contributed by atoms with Gasteiger partial charge in [0.2, 0.25) is 0 Å². The Balaban J connectivity index is 1.79. The van der Waals surface area contributed by atoms with Gasteiger partial charge in [-0.1, -0.05) is 0 Å². The molecule has 0 amide bonds. The van der Waals surface area contributed by atoms with Crippen LogP contribution in [0.25, 0.3) is 5.65 Å². The Morgan fingerprint density at radius 1 is 1.22 bits per heavy atom. The minimum atomic E-state index is -0.379. The zero-order valence-electron chi connectivity index (χ0n) is 12.9. The van der Waals surface area contributed by atoms with Gasteiger partial charge in [-0.25, -0.2) is 9.78 Å². The van der Waals surface area contributed by atoms with E-state index in [0.717, 1.165) is 16.3 Å². The van der Waals surface area contributed by atoms with Crippen LogP contribution in [-0.2, 0) is 10.5 Å². The zero-order chi connectivity index (χ0) is 16.2. The van der Waals surface area contributed by atoms with Crippen molar-refractivity contribution in [3.8, 4) is 5.75 Å². The highest BCUT2D eigenvalue weighted by Crippen LogP contribution is 2.25. The predicted molar refractivity (Wildman–Crippen MR) is 89.1 cm³/mol. The Hall–Kier alpha value is -2.47. The first-order chi connectivity index (χ1) is 11.2. The monoisotopic (exact) mass is 328 g/mol. The highest BCUT2D eigenvalue weighted by molar-refractivity contribution is 7.98. The van der Waals surface area contributed by atoms with E-state index in [1.807, 2.05) is 41.1 Å². The lowest BCUT2D eigenvalue weighted by atomic mass is 10.3. The van der Waals surface area contributed by atoms with Crippen LogP contribution >= 0.6 is 11.8 Å². The molecule has 0 aliphatic carbocycles. The number of nitrogens with zero attached hydrogens (tertiary/aromatic N) is 2. The zero-order valence-corrected chi connectivity index (χ0v) is 13.7. The van der Waals surface area contributed by atoms with Crippen molar-refractivity contribution in [3.05, 3.63) is 60.0 Å². The SMILES string of the molecule is COC(=O)c1cccn2cc(CSc3ccc(OC)cc3)nc12. The first-order valence-electron chi connectivity index (χ1n) is 7.03. The molecule has 2 heterocycles. The second-order valence-corrected chi connectivity index (χ2v) is 5.89. The molecule has 3 rings (SSSR count). The number of hydrogen-bond acceptors (Lipinski definition) is 5. The van der Waals surface area contributed by atoms with Gasteiger partial charge in [0.25, 0.3) is 0 Å². The molecule has 0 atom stereocenters. The largest absolute Gasteiger partial charge is 0.497 e. The topological polar surface area (TPSA) is 52.8 Å². The van der Waals surface area contributed by atoms with Crippen LogP contribution in [0.3, 0.4) is 0 Å². The van der Waals surface area contributed by atoms with Crippen LogP contribution in [0.5, 0.6) is 5.75 Å². The number of ether oxygens (including phenoxy) is 2. The number of hydrogen-bond donors (Lipinski definition) is 0. The second kappa shape index (κ2) is 6.75. The Labute approximate surface area is 138 Å². The van der Waals surface area contributed by atoms with E-state index >= 15 is 0 Å². The van der Waals surface area contributed by atoms with Crippen LogP contribution in [-0.4, -0.2) is 29.6 Å². The summed E-state index contributed by atoms with van der Waals surface area (Å²) in [5.74, 6) is 1.18. The maximum atomic E-state index is 11.8. The summed E-state index contributed by atoms with van der Waals surface area (Å²) >= 11 is 1.68. The molecule has 1 aromatic carbocycles. The molecule has 0 saturated carbocycles. The minimum absolute atomic E-state index is 0.379. The third kappa shape index (κ3) is 3.32. The number of methoxy groups -OCH3 is 2. The Morgan fingerprint density at radius 2 is 2.00 bits per heavy atom. The van der Waals surface area contributed by atoms with E-state index in [1.54, 1.807) is 31.0 Å².